The molecule has 2 heterocycles. The van der Waals surface area contributed by atoms with E-state index in [1.54, 1.807) is 4.90 Å². The number of nitrogens with zero attached hydrogens (tertiary/aromatic N) is 2. The summed E-state index contributed by atoms with van der Waals surface area (Å²) in [6, 6.07) is 13.9. The van der Waals surface area contributed by atoms with Gasteiger partial charge < -0.3 is 20.4 Å². The van der Waals surface area contributed by atoms with Crippen LogP contribution in [0.1, 0.15) is 57.4 Å². The Balaban J connectivity index is 1.33. The largest absolute Gasteiger partial charge is 0.380 e. The first-order chi connectivity index (χ1) is 17.2. The van der Waals surface area contributed by atoms with E-state index in [0.717, 1.165) is 29.7 Å². The molecule has 0 spiro atoms. The van der Waals surface area contributed by atoms with E-state index in [1.807, 2.05) is 42.6 Å². The van der Waals surface area contributed by atoms with Crippen LogP contribution in [0.2, 0.25) is 0 Å². The molecule has 3 N–H and O–H groups in total. The number of hydrogen-bond donors (Lipinski definition) is 3. The first-order valence-electron chi connectivity index (χ1n) is 12.2. The van der Waals surface area contributed by atoms with Crippen LogP contribution in [-0.4, -0.2) is 50.7 Å². The SMILES string of the molecule is Cc1cccc(C2CCCN2C(=O)C(O)C(O)C(=O)NCc2nc(Cc3c(C)cccc3C)cs2)c1. The van der Waals surface area contributed by atoms with Crippen LogP contribution in [0.15, 0.2) is 47.8 Å². The van der Waals surface area contributed by atoms with Crippen LogP contribution in [0.3, 0.4) is 0 Å². The third-order valence-corrected chi connectivity index (χ3v) is 7.70. The number of rotatable bonds is 8. The molecule has 7 nitrogen and oxygen atoms in total. The molecule has 2 amide bonds. The Hall–Kier alpha value is -3.07. The fraction of sp³-hybridized carbons (Fsp3) is 0.393. The molecule has 1 aliphatic rings. The number of nitrogens with one attached hydrogen (secondary N) is 1. The Kier molecular flexibility index (Phi) is 8.18. The molecule has 3 unspecified atom stereocenters. The normalized spacial score (nSPS) is 17.1. The van der Waals surface area contributed by atoms with Crippen molar-refractivity contribution in [3.63, 3.8) is 0 Å². The number of amides is 2. The lowest BCUT2D eigenvalue weighted by Crippen LogP contribution is -2.50. The summed E-state index contributed by atoms with van der Waals surface area (Å²) in [5.74, 6) is -1.43. The van der Waals surface area contributed by atoms with E-state index in [1.165, 1.54) is 28.0 Å². The summed E-state index contributed by atoms with van der Waals surface area (Å²) in [5, 5.41) is 26.2. The number of aryl methyl sites for hydroxylation is 3. The second-order valence-corrected chi connectivity index (χ2v) is 10.4. The van der Waals surface area contributed by atoms with Crippen molar-refractivity contribution >= 4 is 23.2 Å². The van der Waals surface area contributed by atoms with Crippen LogP contribution in [0, 0.1) is 20.8 Å². The predicted octanol–water partition coefficient (Wildman–Crippen LogP) is 3.36. The van der Waals surface area contributed by atoms with Gasteiger partial charge in [0.1, 0.15) is 5.01 Å². The third kappa shape index (κ3) is 5.83. The molecule has 0 saturated carbocycles. The van der Waals surface area contributed by atoms with Gasteiger partial charge in [-0.1, -0.05) is 48.0 Å². The topological polar surface area (TPSA) is 103 Å². The molecule has 8 heteroatoms. The molecule has 1 aliphatic heterocycles. The summed E-state index contributed by atoms with van der Waals surface area (Å²) in [4.78, 5) is 31.7. The number of aromatic nitrogens is 1. The van der Waals surface area contributed by atoms with Crippen molar-refractivity contribution in [1.29, 1.82) is 0 Å². The van der Waals surface area contributed by atoms with E-state index in [-0.39, 0.29) is 12.6 Å². The van der Waals surface area contributed by atoms with E-state index in [4.69, 9.17) is 0 Å². The highest BCUT2D eigenvalue weighted by atomic mass is 32.1. The first-order valence-corrected chi connectivity index (χ1v) is 13.1. The van der Waals surface area contributed by atoms with Crippen LogP contribution in [-0.2, 0) is 22.6 Å². The number of aliphatic hydroxyl groups excluding tert-OH is 2. The van der Waals surface area contributed by atoms with E-state index < -0.39 is 24.0 Å². The van der Waals surface area contributed by atoms with Crippen LogP contribution < -0.4 is 5.32 Å². The average molecular weight is 508 g/mol. The average Bonchev–Trinajstić information content (AvgIpc) is 3.53. The minimum atomic E-state index is -1.86. The second kappa shape index (κ2) is 11.3. The highest BCUT2D eigenvalue weighted by molar-refractivity contribution is 7.09. The van der Waals surface area contributed by atoms with E-state index >= 15 is 0 Å². The van der Waals surface area contributed by atoms with Gasteiger partial charge in [0.05, 0.1) is 18.3 Å². The minimum Gasteiger partial charge on any atom is -0.380 e. The Bertz CT molecular complexity index is 1220. The van der Waals surface area contributed by atoms with Gasteiger partial charge in [0.15, 0.2) is 12.2 Å². The van der Waals surface area contributed by atoms with Gasteiger partial charge in [-0.2, -0.15) is 0 Å². The van der Waals surface area contributed by atoms with Gasteiger partial charge in [-0.05, 0) is 55.9 Å². The molecule has 3 aromatic rings. The van der Waals surface area contributed by atoms with Gasteiger partial charge in [0.2, 0.25) is 0 Å². The van der Waals surface area contributed by atoms with Crippen LogP contribution in [0.4, 0.5) is 0 Å². The zero-order chi connectivity index (χ0) is 25.8. The number of likely N-dealkylation sites (tertiary alicyclic amines) is 1. The van der Waals surface area contributed by atoms with Crippen molar-refractivity contribution in [2.45, 2.75) is 64.8 Å². The fourth-order valence-electron chi connectivity index (χ4n) is 4.79. The number of carbonyl (C=O) groups is 2. The summed E-state index contributed by atoms with van der Waals surface area (Å²) in [7, 11) is 0. The highest BCUT2D eigenvalue weighted by Gasteiger charge is 2.38. The Morgan fingerprint density at radius 3 is 2.56 bits per heavy atom. The smallest absolute Gasteiger partial charge is 0.255 e. The lowest BCUT2D eigenvalue weighted by molar-refractivity contribution is -0.153. The molecule has 190 valence electrons. The lowest BCUT2D eigenvalue weighted by Gasteiger charge is -2.28. The molecule has 1 aromatic heterocycles. The Labute approximate surface area is 215 Å². The number of aliphatic hydroxyl groups is 2. The van der Waals surface area contributed by atoms with Crippen LogP contribution in [0.25, 0.3) is 0 Å². The fourth-order valence-corrected chi connectivity index (χ4v) is 5.52. The zero-order valence-corrected chi connectivity index (χ0v) is 21.7. The molecule has 36 heavy (non-hydrogen) atoms. The number of carbonyl (C=O) groups excluding carboxylic acids is 2. The van der Waals surface area contributed by atoms with Gasteiger partial charge >= 0.3 is 0 Å². The second-order valence-electron chi connectivity index (χ2n) is 9.49. The number of thiazole rings is 1. The summed E-state index contributed by atoms with van der Waals surface area (Å²) in [6.45, 7) is 6.74. The summed E-state index contributed by atoms with van der Waals surface area (Å²) in [5.41, 5.74) is 6.65. The maximum atomic E-state index is 13.0. The zero-order valence-electron chi connectivity index (χ0n) is 20.9. The number of hydrogen-bond acceptors (Lipinski definition) is 6. The van der Waals surface area contributed by atoms with E-state index in [9.17, 15) is 19.8 Å². The third-order valence-electron chi connectivity index (χ3n) is 6.80. The summed E-state index contributed by atoms with van der Waals surface area (Å²) >= 11 is 1.42. The molecule has 1 fully saturated rings. The first kappa shape index (κ1) is 26.0. The molecular weight excluding hydrogens is 474 g/mol. The Morgan fingerprint density at radius 1 is 1.11 bits per heavy atom. The van der Waals surface area contributed by atoms with Gasteiger partial charge in [0, 0.05) is 18.3 Å². The summed E-state index contributed by atoms with van der Waals surface area (Å²) < 4.78 is 0. The maximum Gasteiger partial charge on any atom is 0.255 e. The minimum absolute atomic E-state index is 0.115. The maximum absolute atomic E-state index is 13.0. The molecule has 1 saturated heterocycles. The quantitative estimate of drug-likeness (QED) is 0.434. The van der Waals surface area contributed by atoms with Gasteiger partial charge in [0.25, 0.3) is 11.8 Å². The van der Waals surface area contributed by atoms with E-state index in [0.29, 0.717) is 18.0 Å². The van der Waals surface area contributed by atoms with Gasteiger partial charge in [-0.15, -0.1) is 11.3 Å². The van der Waals surface area contributed by atoms with Crippen molar-refractivity contribution in [2.75, 3.05) is 6.54 Å². The lowest BCUT2D eigenvalue weighted by atomic mass is 9.99. The van der Waals surface area contributed by atoms with Gasteiger partial charge in [-0.25, -0.2) is 4.98 Å². The van der Waals surface area contributed by atoms with Crippen LogP contribution >= 0.6 is 11.3 Å². The number of benzene rings is 2. The monoisotopic (exact) mass is 507 g/mol. The van der Waals surface area contributed by atoms with Crippen molar-refractivity contribution in [3.05, 3.63) is 86.4 Å². The molecular formula is C28H33N3O4S. The molecule has 0 aliphatic carbocycles. The van der Waals surface area contributed by atoms with Crippen molar-refractivity contribution in [3.8, 4) is 0 Å². The molecule has 4 rings (SSSR count). The summed E-state index contributed by atoms with van der Waals surface area (Å²) in [6.07, 6.45) is -1.40. The predicted molar refractivity (Wildman–Crippen MR) is 140 cm³/mol. The Morgan fingerprint density at radius 2 is 1.83 bits per heavy atom. The molecule has 0 radical (unpaired) electrons. The molecule has 3 atom stereocenters. The molecule has 0 bridgehead atoms. The van der Waals surface area contributed by atoms with Crippen LogP contribution in [0.5, 0.6) is 0 Å². The molecule has 2 aromatic carbocycles. The van der Waals surface area contributed by atoms with E-state index in [2.05, 4.69) is 36.3 Å². The van der Waals surface area contributed by atoms with Crippen molar-refractivity contribution in [2.24, 2.45) is 0 Å². The van der Waals surface area contributed by atoms with Crippen molar-refractivity contribution in [1.82, 2.24) is 15.2 Å². The van der Waals surface area contributed by atoms with Gasteiger partial charge in [-0.3, -0.25) is 9.59 Å². The van der Waals surface area contributed by atoms with Crippen molar-refractivity contribution < 1.29 is 19.8 Å². The standard InChI is InChI=1S/C28H33N3O4S/c1-17-7-4-10-20(13-17)23-11-6-12-31(23)28(35)26(33)25(32)27(34)29-15-24-30-21(16-36-24)14-22-18(2)8-5-9-19(22)3/h4-5,7-10,13,16,23,25-26,32-33H,6,11-12,14-15H2,1-3H3,(H,29,34). The highest BCUT2D eigenvalue weighted by Crippen LogP contribution is 2.33.